The summed E-state index contributed by atoms with van der Waals surface area (Å²) in [5, 5.41) is 12.6. The molecule has 39 heavy (non-hydrogen) atoms. The van der Waals surface area contributed by atoms with E-state index in [4.69, 9.17) is 14.2 Å². The number of likely N-dealkylation sites (N-methyl/N-ethyl adjacent to an activating group) is 1. The molecule has 13 heteroatoms. The number of nitrogens with zero attached hydrogens (tertiary/aromatic N) is 2. The number of fused-ring (bicyclic) bond motifs is 2. The maximum Gasteiger partial charge on any atom is 0.321 e. The van der Waals surface area contributed by atoms with Crippen molar-refractivity contribution in [3.63, 3.8) is 0 Å². The summed E-state index contributed by atoms with van der Waals surface area (Å²) in [6.45, 7) is 4.08. The van der Waals surface area contributed by atoms with Gasteiger partial charge < -0.3 is 34.4 Å². The number of carbonyl (C=O) groups is 2. The van der Waals surface area contributed by atoms with Crippen LogP contribution >= 0.6 is 0 Å². The molecular formula is C26H34N4O8S. The summed E-state index contributed by atoms with van der Waals surface area (Å²) in [5.74, 6) is 1.14. The van der Waals surface area contributed by atoms with E-state index in [9.17, 15) is 23.1 Å². The molecule has 212 valence electrons. The summed E-state index contributed by atoms with van der Waals surface area (Å²) in [4.78, 5) is 29.4. The Balaban J connectivity index is 1.57. The molecule has 0 saturated carbocycles. The lowest BCUT2D eigenvalue weighted by atomic mass is 10.0. The molecule has 0 spiro atoms. The fraction of sp³-hybridized carbons (Fsp3) is 0.462. The first-order valence-corrected chi connectivity index (χ1v) is 14.4. The Labute approximate surface area is 227 Å². The van der Waals surface area contributed by atoms with Gasteiger partial charge in [-0.3, -0.25) is 9.52 Å². The van der Waals surface area contributed by atoms with E-state index in [0.29, 0.717) is 40.7 Å². The van der Waals surface area contributed by atoms with Crippen molar-refractivity contribution in [2.24, 2.45) is 5.92 Å². The Hall–Kier alpha value is -3.71. The lowest BCUT2D eigenvalue weighted by molar-refractivity contribution is -0.134. The van der Waals surface area contributed by atoms with Crippen LogP contribution in [-0.2, 0) is 21.2 Å². The molecule has 2 heterocycles. The van der Waals surface area contributed by atoms with Gasteiger partial charge in [0.2, 0.25) is 22.7 Å². The zero-order valence-corrected chi connectivity index (χ0v) is 23.2. The smallest absolute Gasteiger partial charge is 0.321 e. The summed E-state index contributed by atoms with van der Waals surface area (Å²) >= 11 is 0. The van der Waals surface area contributed by atoms with E-state index in [2.05, 4.69) is 10.0 Å². The van der Waals surface area contributed by atoms with E-state index in [1.807, 2.05) is 6.92 Å². The van der Waals surface area contributed by atoms with Crippen LogP contribution in [0.2, 0.25) is 0 Å². The fourth-order valence-electron chi connectivity index (χ4n) is 4.47. The first-order chi connectivity index (χ1) is 18.4. The summed E-state index contributed by atoms with van der Waals surface area (Å²) < 4.78 is 43.0. The van der Waals surface area contributed by atoms with Gasteiger partial charge in [0, 0.05) is 42.5 Å². The number of hydrogen-bond acceptors (Lipinski definition) is 8. The zero-order chi connectivity index (χ0) is 28.3. The number of amides is 3. The summed E-state index contributed by atoms with van der Waals surface area (Å²) in [5.41, 5.74) is 1.35. The Morgan fingerprint density at radius 2 is 1.85 bits per heavy atom. The van der Waals surface area contributed by atoms with E-state index >= 15 is 0 Å². The van der Waals surface area contributed by atoms with Gasteiger partial charge in [-0.1, -0.05) is 6.92 Å². The Morgan fingerprint density at radius 3 is 2.56 bits per heavy atom. The quantitative estimate of drug-likeness (QED) is 0.465. The number of aliphatic hydroxyl groups is 1. The van der Waals surface area contributed by atoms with Crippen molar-refractivity contribution in [1.82, 2.24) is 9.80 Å². The molecular weight excluding hydrogens is 528 g/mol. The largest absolute Gasteiger partial charge is 0.488 e. The van der Waals surface area contributed by atoms with Crippen molar-refractivity contribution in [2.45, 2.75) is 32.4 Å². The normalized spacial score (nSPS) is 19.6. The van der Waals surface area contributed by atoms with E-state index in [1.54, 1.807) is 55.3 Å². The fourth-order valence-corrected chi connectivity index (χ4v) is 5.03. The maximum atomic E-state index is 13.3. The van der Waals surface area contributed by atoms with Gasteiger partial charge in [0.1, 0.15) is 11.9 Å². The number of carbonyl (C=O) groups excluding carboxylic acids is 2. The topological polar surface area (TPSA) is 147 Å². The van der Waals surface area contributed by atoms with Crippen LogP contribution in [0.5, 0.6) is 17.2 Å². The van der Waals surface area contributed by atoms with E-state index in [0.717, 1.165) is 6.26 Å². The molecule has 12 nitrogen and oxygen atoms in total. The Bertz CT molecular complexity index is 1340. The standard InChI is InChI=1S/C26H34N4O8S/c1-16-12-30(17(2)14-31)25(32)10-18-9-20(28-39(4,34)35)6-7-21(18)38-24(16)13-29(3)26(33)27-19-5-8-22-23(11-19)37-15-36-22/h5-9,11,16-17,24,28,31H,10,12-15H2,1-4H3,(H,27,33)/t16-,17+,24+/m1/s1. The number of nitrogens with one attached hydrogen (secondary N) is 2. The van der Waals surface area contributed by atoms with Gasteiger partial charge in [0.05, 0.1) is 31.9 Å². The SMILES string of the molecule is C[C@@H]1CN([C@@H](C)CO)C(=O)Cc2cc(NS(C)(=O)=O)ccc2O[C@H]1CN(C)C(=O)Nc1ccc2c(c1)OCO2. The van der Waals surface area contributed by atoms with Crippen LogP contribution in [-0.4, -0.2) is 87.2 Å². The molecule has 2 aromatic carbocycles. The molecule has 0 aromatic heterocycles. The van der Waals surface area contributed by atoms with Crippen LogP contribution in [0.1, 0.15) is 19.4 Å². The van der Waals surface area contributed by atoms with Gasteiger partial charge in [0.25, 0.3) is 0 Å². The second-order valence-electron chi connectivity index (χ2n) is 9.96. The number of benzene rings is 2. The zero-order valence-electron chi connectivity index (χ0n) is 22.3. The number of sulfonamides is 1. The van der Waals surface area contributed by atoms with Crippen molar-refractivity contribution in [1.29, 1.82) is 0 Å². The highest BCUT2D eigenvalue weighted by molar-refractivity contribution is 7.92. The van der Waals surface area contributed by atoms with Crippen LogP contribution in [0, 0.1) is 5.92 Å². The predicted molar refractivity (Wildman–Crippen MR) is 145 cm³/mol. The van der Waals surface area contributed by atoms with Crippen LogP contribution in [0.4, 0.5) is 16.2 Å². The van der Waals surface area contributed by atoms with Gasteiger partial charge in [-0.05, 0) is 37.3 Å². The van der Waals surface area contributed by atoms with Gasteiger partial charge in [-0.15, -0.1) is 0 Å². The second-order valence-corrected chi connectivity index (χ2v) is 11.7. The molecule has 3 atom stereocenters. The van der Waals surface area contributed by atoms with E-state index in [-0.39, 0.29) is 44.2 Å². The van der Waals surface area contributed by atoms with E-state index < -0.39 is 22.2 Å². The molecule has 0 fully saturated rings. The minimum absolute atomic E-state index is 0.0428. The average Bonchev–Trinajstić information content (AvgIpc) is 3.35. The third-order valence-electron chi connectivity index (χ3n) is 6.64. The molecule has 2 aliphatic heterocycles. The number of hydrogen-bond donors (Lipinski definition) is 3. The molecule has 3 N–H and O–H groups in total. The molecule has 2 aliphatic rings. The molecule has 0 radical (unpaired) electrons. The van der Waals surface area contributed by atoms with Gasteiger partial charge >= 0.3 is 6.03 Å². The molecule has 0 saturated heterocycles. The number of rotatable bonds is 7. The minimum Gasteiger partial charge on any atom is -0.488 e. The van der Waals surface area contributed by atoms with Gasteiger partial charge in [-0.2, -0.15) is 0 Å². The number of ether oxygens (including phenoxy) is 3. The third-order valence-corrected chi connectivity index (χ3v) is 7.25. The second kappa shape index (κ2) is 11.6. The third kappa shape index (κ3) is 7.03. The lowest BCUT2D eigenvalue weighted by Crippen LogP contribution is -2.48. The molecule has 2 aromatic rings. The minimum atomic E-state index is -3.53. The number of aliphatic hydroxyl groups excluding tert-OH is 1. The highest BCUT2D eigenvalue weighted by Gasteiger charge is 2.32. The highest BCUT2D eigenvalue weighted by Crippen LogP contribution is 2.34. The van der Waals surface area contributed by atoms with Crippen LogP contribution < -0.4 is 24.2 Å². The number of urea groups is 1. The average molecular weight is 563 g/mol. The van der Waals surface area contributed by atoms with Crippen LogP contribution in [0.15, 0.2) is 36.4 Å². The van der Waals surface area contributed by atoms with Gasteiger partial charge in [-0.25, -0.2) is 13.2 Å². The predicted octanol–water partition coefficient (Wildman–Crippen LogP) is 2.10. The number of anilines is 2. The van der Waals surface area contributed by atoms with Crippen molar-refractivity contribution >= 4 is 33.3 Å². The first-order valence-electron chi connectivity index (χ1n) is 12.5. The molecule has 0 aliphatic carbocycles. The van der Waals surface area contributed by atoms with Crippen LogP contribution in [0.25, 0.3) is 0 Å². The summed E-state index contributed by atoms with van der Waals surface area (Å²) in [6.07, 6.45) is 0.478. The summed E-state index contributed by atoms with van der Waals surface area (Å²) in [7, 11) is -1.89. The van der Waals surface area contributed by atoms with Gasteiger partial charge in [0.15, 0.2) is 11.5 Å². The molecule has 3 amide bonds. The maximum absolute atomic E-state index is 13.3. The molecule has 0 unspecified atom stereocenters. The first kappa shape index (κ1) is 28.3. The highest BCUT2D eigenvalue weighted by atomic mass is 32.2. The monoisotopic (exact) mass is 562 g/mol. The van der Waals surface area contributed by atoms with Crippen molar-refractivity contribution in [3.8, 4) is 17.2 Å². The van der Waals surface area contributed by atoms with Crippen molar-refractivity contribution < 1.29 is 37.3 Å². The van der Waals surface area contributed by atoms with Crippen molar-refractivity contribution in [3.05, 3.63) is 42.0 Å². The van der Waals surface area contributed by atoms with Crippen LogP contribution in [0.3, 0.4) is 0 Å². The van der Waals surface area contributed by atoms with E-state index in [1.165, 1.54) is 4.90 Å². The molecule has 0 bridgehead atoms. The molecule has 4 rings (SSSR count). The summed E-state index contributed by atoms with van der Waals surface area (Å²) in [6, 6.07) is 9.07. The lowest BCUT2D eigenvalue weighted by Gasteiger charge is -2.34. The van der Waals surface area contributed by atoms with Crippen molar-refractivity contribution in [2.75, 3.05) is 49.8 Å². The Kier molecular flexibility index (Phi) is 8.40. The Morgan fingerprint density at radius 1 is 1.15 bits per heavy atom.